The summed E-state index contributed by atoms with van der Waals surface area (Å²) in [5, 5.41) is 15.9. The molecule has 1 aliphatic rings. The van der Waals surface area contributed by atoms with Crippen molar-refractivity contribution in [2.75, 3.05) is 12.4 Å². The van der Waals surface area contributed by atoms with Gasteiger partial charge in [-0.2, -0.15) is 18.9 Å². The van der Waals surface area contributed by atoms with E-state index in [-0.39, 0.29) is 28.9 Å². The number of carbonyl (C=O) groups excluding carboxylic acids is 2. The second kappa shape index (κ2) is 11.8. The number of methoxy groups -OCH3 is 1. The van der Waals surface area contributed by atoms with E-state index < -0.39 is 24.7 Å². The highest BCUT2D eigenvalue weighted by Crippen LogP contribution is 2.31. The van der Waals surface area contributed by atoms with Gasteiger partial charge in [-0.05, 0) is 54.4 Å². The Balaban J connectivity index is 1.51. The SMILES string of the molecule is CCC1OC(=O)N(Cc2ccc(NC(=O)c3ccc(Cl)nn3)cc2)N=C1c1ccc(OC(F)F)c(OC)c1. The minimum absolute atomic E-state index is 0.0827. The van der Waals surface area contributed by atoms with Crippen molar-refractivity contribution in [1.82, 2.24) is 15.2 Å². The summed E-state index contributed by atoms with van der Waals surface area (Å²) in [4.78, 5) is 24.9. The van der Waals surface area contributed by atoms with Gasteiger partial charge < -0.3 is 19.5 Å². The van der Waals surface area contributed by atoms with Crippen molar-refractivity contribution >= 4 is 35.0 Å². The molecule has 0 spiro atoms. The maximum absolute atomic E-state index is 12.7. The number of aromatic nitrogens is 2. The monoisotopic (exact) mass is 545 g/mol. The Morgan fingerprint density at radius 3 is 2.53 bits per heavy atom. The van der Waals surface area contributed by atoms with Crippen LogP contribution in [0.5, 0.6) is 11.5 Å². The van der Waals surface area contributed by atoms with E-state index in [2.05, 4.69) is 25.4 Å². The van der Waals surface area contributed by atoms with Crippen LogP contribution in [0.25, 0.3) is 0 Å². The highest BCUT2D eigenvalue weighted by atomic mass is 35.5. The van der Waals surface area contributed by atoms with Crippen LogP contribution in [0, 0.1) is 0 Å². The first-order chi connectivity index (χ1) is 18.3. The molecule has 38 heavy (non-hydrogen) atoms. The quantitative estimate of drug-likeness (QED) is 0.396. The average molecular weight is 546 g/mol. The van der Waals surface area contributed by atoms with Crippen LogP contribution in [-0.4, -0.2) is 52.7 Å². The fraction of sp³-hybridized carbons (Fsp3) is 0.240. The van der Waals surface area contributed by atoms with Crippen molar-refractivity contribution in [3.8, 4) is 11.5 Å². The molecule has 1 atom stereocenters. The molecule has 13 heteroatoms. The summed E-state index contributed by atoms with van der Waals surface area (Å²) in [6.07, 6.45) is -0.828. The van der Waals surface area contributed by atoms with E-state index in [4.69, 9.17) is 21.1 Å². The lowest BCUT2D eigenvalue weighted by Gasteiger charge is -2.29. The highest BCUT2D eigenvalue weighted by Gasteiger charge is 2.31. The molecule has 0 fully saturated rings. The van der Waals surface area contributed by atoms with Crippen molar-refractivity contribution in [1.29, 1.82) is 0 Å². The molecule has 2 aromatic carbocycles. The Morgan fingerprint density at radius 2 is 1.89 bits per heavy atom. The number of cyclic esters (lactones) is 1. The molecule has 4 rings (SSSR count). The molecule has 0 radical (unpaired) electrons. The van der Waals surface area contributed by atoms with Crippen LogP contribution < -0.4 is 14.8 Å². The van der Waals surface area contributed by atoms with Crippen LogP contribution in [-0.2, 0) is 11.3 Å². The maximum Gasteiger partial charge on any atom is 0.431 e. The third-order valence-corrected chi connectivity index (χ3v) is 5.64. The molecule has 0 saturated heterocycles. The highest BCUT2D eigenvalue weighted by molar-refractivity contribution is 6.29. The van der Waals surface area contributed by atoms with Gasteiger partial charge in [-0.1, -0.05) is 30.7 Å². The fourth-order valence-corrected chi connectivity index (χ4v) is 3.71. The standard InChI is InChI=1S/C25H22ClF2N5O5/c1-3-18-22(15-6-10-19(37-24(27)28)20(12-15)36-2)32-33(25(35)38-18)13-14-4-7-16(8-5-14)29-23(34)17-9-11-21(26)31-30-17/h4-12,18,24H,3,13H2,1-2H3,(H,29,34). The van der Waals surface area contributed by atoms with Crippen LogP contribution in [0.15, 0.2) is 59.7 Å². The first kappa shape index (κ1) is 26.7. The predicted octanol–water partition coefficient (Wildman–Crippen LogP) is 5.13. The topological polar surface area (TPSA) is 115 Å². The largest absolute Gasteiger partial charge is 0.493 e. The zero-order chi connectivity index (χ0) is 27.2. The first-order valence-corrected chi connectivity index (χ1v) is 11.7. The van der Waals surface area contributed by atoms with Crippen molar-refractivity contribution in [3.63, 3.8) is 0 Å². The zero-order valence-electron chi connectivity index (χ0n) is 20.2. The molecule has 1 N–H and O–H groups in total. The van der Waals surface area contributed by atoms with E-state index in [9.17, 15) is 18.4 Å². The Bertz CT molecular complexity index is 1340. The molecule has 0 aliphatic carbocycles. The first-order valence-electron chi connectivity index (χ1n) is 11.4. The summed E-state index contributed by atoms with van der Waals surface area (Å²) in [6.45, 7) is -1.09. The summed E-state index contributed by atoms with van der Waals surface area (Å²) in [6, 6.07) is 14.1. The summed E-state index contributed by atoms with van der Waals surface area (Å²) in [5.74, 6) is -0.493. The molecule has 1 aliphatic heterocycles. The van der Waals surface area contributed by atoms with Crippen molar-refractivity contribution in [2.24, 2.45) is 5.10 Å². The number of amides is 2. The maximum atomic E-state index is 12.7. The number of alkyl halides is 2. The number of ether oxygens (including phenoxy) is 3. The fourth-order valence-electron chi connectivity index (χ4n) is 3.61. The van der Waals surface area contributed by atoms with Gasteiger partial charge in [0.1, 0.15) is 11.8 Å². The third-order valence-electron chi connectivity index (χ3n) is 5.44. The van der Waals surface area contributed by atoms with Gasteiger partial charge in [-0.15, -0.1) is 10.2 Å². The van der Waals surface area contributed by atoms with E-state index in [0.717, 1.165) is 5.01 Å². The Kier molecular flexibility index (Phi) is 8.31. The van der Waals surface area contributed by atoms with Crippen LogP contribution >= 0.6 is 11.6 Å². The Morgan fingerprint density at radius 1 is 1.13 bits per heavy atom. The summed E-state index contributed by atoms with van der Waals surface area (Å²) >= 11 is 5.69. The van der Waals surface area contributed by atoms with E-state index in [0.29, 0.717) is 28.9 Å². The number of hydrazone groups is 1. The molecule has 1 unspecified atom stereocenters. The molecule has 1 aromatic heterocycles. The van der Waals surface area contributed by atoms with Crippen LogP contribution in [0.3, 0.4) is 0 Å². The zero-order valence-corrected chi connectivity index (χ0v) is 21.0. The summed E-state index contributed by atoms with van der Waals surface area (Å²) in [7, 11) is 1.33. The molecule has 2 heterocycles. The lowest BCUT2D eigenvalue weighted by atomic mass is 10.0. The molecular formula is C25H22ClF2N5O5. The van der Waals surface area contributed by atoms with E-state index in [1.165, 1.54) is 31.4 Å². The Labute approximate surface area is 221 Å². The van der Waals surface area contributed by atoms with Gasteiger partial charge in [0, 0.05) is 11.3 Å². The lowest BCUT2D eigenvalue weighted by molar-refractivity contribution is -0.0512. The minimum Gasteiger partial charge on any atom is -0.493 e. The molecule has 0 saturated carbocycles. The molecular weight excluding hydrogens is 524 g/mol. The molecule has 3 aromatic rings. The van der Waals surface area contributed by atoms with Crippen molar-refractivity contribution in [3.05, 3.63) is 76.6 Å². The third kappa shape index (κ3) is 6.32. The second-order valence-corrected chi connectivity index (χ2v) is 8.35. The number of rotatable bonds is 9. The van der Waals surface area contributed by atoms with Crippen molar-refractivity contribution in [2.45, 2.75) is 32.6 Å². The minimum atomic E-state index is -3.01. The molecule has 198 valence electrons. The van der Waals surface area contributed by atoms with Crippen LogP contribution in [0.2, 0.25) is 5.15 Å². The summed E-state index contributed by atoms with van der Waals surface area (Å²) in [5.41, 5.74) is 2.28. The molecule has 0 bridgehead atoms. The number of halogens is 3. The Hall–Kier alpha value is -4.32. The van der Waals surface area contributed by atoms with Gasteiger partial charge in [-0.25, -0.2) is 4.79 Å². The number of nitrogens with zero attached hydrogens (tertiary/aromatic N) is 4. The molecule has 10 nitrogen and oxygen atoms in total. The van der Waals surface area contributed by atoms with E-state index in [1.807, 2.05) is 6.92 Å². The number of anilines is 1. The lowest BCUT2D eigenvalue weighted by Crippen LogP contribution is -2.41. The van der Waals surface area contributed by atoms with E-state index >= 15 is 0 Å². The number of hydrogen-bond donors (Lipinski definition) is 1. The van der Waals surface area contributed by atoms with Gasteiger partial charge >= 0.3 is 12.7 Å². The smallest absolute Gasteiger partial charge is 0.431 e. The van der Waals surface area contributed by atoms with Gasteiger partial charge in [-0.3, -0.25) is 4.79 Å². The van der Waals surface area contributed by atoms with Crippen LogP contribution in [0.1, 0.15) is 35.0 Å². The number of carbonyl (C=O) groups is 2. The average Bonchev–Trinajstić information content (AvgIpc) is 2.91. The summed E-state index contributed by atoms with van der Waals surface area (Å²) < 4.78 is 40.6. The predicted molar refractivity (Wildman–Crippen MR) is 134 cm³/mol. The van der Waals surface area contributed by atoms with Gasteiger partial charge in [0.25, 0.3) is 5.91 Å². The van der Waals surface area contributed by atoms with Crippen molar-refractivity contribution < 1.29 is 32.6 Å². The van der Waals surface area contributed by atoms with Crippen LogP contribution in [0.4, 0.5) is 19.3 Å². The van der Waals surface area contributed by atoms with E-state index in [1.54, 1.807) is 30.3 Å². The van der Waals surface area contributed by atoms with Gasteiger partial charge in [0.2, 0.25) is 0 Å². The molecule has 2 amide bonds. The van der Waals surface area contributed by atoms with Gasteiger partial charge in [0.15, 0.2) is 22.3 Å². The second-order valence-electron chi connectivity index (χ2n) is 7.96. The number of benzene rings is 2. The number of hydrogen-bond acceptors (Lipinski definition) is 8. The van der Waals surface area contributed by atoms with Gasteiger partial charge in [0.05, 0.1) is 13.7 Å². The number of nitrogens with one attached hydrogen (secondary N) is 1. The normalized spacial score (nSPS) is 15.1.